The molecule has 0 bridgehead atoms. The molecule has 0 saturated carbocycles. The molecule has 0 amide bonds. The molecular weight excluding hydrogens is 186 g/mol. The Hall–Kier alpha value is -1.28. The average molecular weight is 201 g/mol. The quantitative estimate of drug-likeness (QED) is 0.753. The third kappa shape index (κ3) is 1.21. The molecule has 2 heteroatoms. The van der Waals surface area contributed by atoms with Gasteiger partial charge in [0.1, 0.15) is 0 Å². The standard InChI is InChI=1S/C13H15NO/c1-9-5-12-7-10(8-15)6-11-3-2-4-14(9)13(11)12/h5-7,15H,2-4,8H2,1H3. The van der Waals surface area contributed by atoms with Crippen LogP contribution in [0.2, 0.25) is 0 Å². The summed E-state index contributed by atoms with van der Waals surface area (Å²) >= 11 is 0. The number of aryl methyl sites for hydroxylation is 3. The van der Waals surface area contributed by atoms with Crippen LogP contribution in [0, 0.1) is 6.92 Å². The summed E-state index contributed by atoms with van der Waals surface area (Å²) in [7, 11) is 0. The second-order valence-corrected chi connectivity index (χ2v) is 4.39. The molecule has 2 nitrogen and oxygen atoms in total. The Labute approximate surface area is 89.1 Å². The molecule has 2 heterocycles. The lowest BCUT2D eigenvalue weighted by Gasteiger charge is -2.17. The Kier molecular flexibility index (Phi) is 1.86. The number of hydrogen-bond acceptors (Lipinski definition) is 1. The van der Waals surface area contributed by atoms with Crippen LogP contribution in [0.4, 0.5) is 0 Å². The lowest BCUT2D eigenvalue weighted by Crippen LogP contribution is -2.09. The summed E-state index contributed by atoms with van der Waals surface area (Å²) in [6.45, 7) is 3.45. The molecule has 0 atom stereocenters. The first-order valence-corrected chi connectivity index (χ1v) is 5.52. The number of aromatic nitrogens is 1. The van der Waals surface area contributed by atoms with Crippen molar-refractivity contribution >= 4 is 10.9 Å². The summed E-state index contributed by atoms with van der Waals surface area (Å²) in [4.78, 5) is 0. The van der Waals surface area contributed by atoms with Crippen LogP contribution in [0.1, 0.15) is 23.2 Å². The first-order chi connectivity index (χ1) is 7.29. The summed E-state index contributed by atoms with van der Waals surface area (Å²) in [5.41, 5.74) is 5.16. The summed E-state index contributed by atoms with van der Waals surface area (Å²) in [5.74, 6) is 0. The molecule has 1 N–H and O–H groups in total. The number of rotatable bonds is 1. The molecule has 0 radical (unpaired) electrons. The minimum absolute atomic E-state index is 0.146. The fourth-order valence-electron chi connectivity index (χ4n) is 2.70. The molecule has 15 heavy (non-hydrogen) atoms. The molecule has 2 aromatic rings. The van der Waals surface area contributed by atoms with Gasteiger partial charge in [-0.3, -0.25) is 0 Å². The van der Waals surface area contributed by atoms with Crippen LogP contribution >= 0.6 is 0 Å². The van der Waals surface area contributed by atoms with Crippen LogP contribution in [0.25, 0.3) is 10.9 Å². The van der Waals surface area contributed by atoms with Gasteiger partial charge in [0.25, 0.3) is 0 Å². The third-order valence-electron chi connectivity index (χ3n) is 3.35. The van der Waals surface area contributed by atoms with Crippen molar-refractivity contribution in [3.8, 4) is 0 Å². The Morgan fingerprint density at radius 1 is 1.33 bits per heavy atom. The smallest absolute Gasteiger partial charge is 0.0682 e. The number of aliphatic hydroxyl groups excluding tert-OH is 1. The van der Waals surface area contributed by atoms with E-state index < -0.39 is 0 Å². The zero-order valence-electron chi connectivity index (χ0n) is 8.95. The molecule has 0 spiro atoms. The maximum Gasteiger partial charge on any atom is 0.0682 e. The monoisotopic (exact) mass is 201 g/mol. The highest BCUT2D eigenvalue weighted by Crippen LogP contribution is 2.29. The van der Waals surface area contributed by atoms with Gasteiger partial charge in [0, 0.05) is 17.6 Å². The van der Waals surface area contributed by atoms with Gasteiger partial charge in [0.15, 0.2) is 0 Å². The van der Waals surface area contributed by atoms with Crippen LogP contribution in [0.5, 0.6) is 0 Å². The predicted molar refractivity (Wildman–Crippen MR) is 60.9 cm³/mol. The summed E-state index contributed by atoms with van der Waals surface area (Å²) in [6, 6.07) is 6.48. The molecule has 1 aliphatic heterocycles. The highest BCUT2D eigenvalue weighted by Gasteiger charge is 2.15. The van der Waals surface area contributed by atoms with E-state index in [4.69, 9.17) is 0 Å². The van der Waals surface area contributed by atoms with E-state index in [1.807, 2.05) is 0 Å². The van der Waals surface area contributed by atoms with Gasteiger partial charge in [-0.2, -0.15) is 0 Å². The normalized spacial score (nSPS) is 14.8. The Balaban J connectivity index is 2.39. The molecular formula is C13H15NO. The van der Waals surface area contributed by atoms with Crippen molar-refractivity contribution in [2.45, 2.75) is 32.9 Å². The number of benzene rings is 1. The summed E-state index contributed by atoms with van der Waals surface area (Å²) in [6.07, 6.45) is 2.36. The van der Waals surface area contributed by atoms with Crippen molar-refractivity contribution in [3.05, 3.63) is 35.0 Å². The van der Waals surface area contributed by atoms with Crippen molar-refractivity contribution < 1.29 is 5.11 Å². The molecule has 1 aromatic carbocycles. The van der Waals surface area contributed by atoms with Crippen molar-refractivity contribution in [1.82, 2.24) is 4.57 Å². The number of nitrogens with zero attached hydrogens (tertiary/aromatic N) is 1. The lowest BCUT2D eigenvalue weighted by atomic mass is 10.0. The van der Waals surface area contributed by atoms with Gasteiger partial charge < -0.3 is 9.67 Å². The minimum Gasteiger partial charge on any atom is -0.392 e. The summed E-state index contributed by atoms with van der Waals surface area (Å²) < 4.78 is 2.40. The maximum absolute atomic E-state index is 9.20. The van der Waals surface area contributed by atoms with E-state index >= 15 is 0 Å². The van der Waals surface area contributed by atoms with Gasteiger partial charge >= 0.3 is 0 Å². The van der Waals surface area contributed by atoms with E-state index in [0.29, 0.717) is 0 Å². The zero-order chi connectivity index (χ0) is 10.4. The van der Waals surface area contributed by atoms with Gasteiger partial charge in [-0.15, -0.1) is 0 Å². The molecule has 0 aliphatic carbocycles. The molecule has 3 rings (SSSR count). The first-order valence-electron chi connectivity index (χ1n) is 5.52. The first kappa shape index (κ1) is 8.98. The van der Waals surface area contributed by atoms with Gasteiger partial charge in [0.05, 0.1) is 12.1 Å². The molecule has 78 valence electrons. The fraction of sp³-hybridized carbons (Fsp3) is 0.385. The van der Waals surface area contributed by atoms with Crippen molar-refractivity contribution in [2.75, 3.05) is 0 Å². The third-order valence-corrected chi connectivity index (χ3v) is 3.35. The van der Waals surface area contributed by atoms with Crippen molar-refractivity contribution in [2.24, 2.45) is 0 Å². The zero-order valence-corrected chi connectivity index (χ0v) is 8.95. The van der Waals surface area contributed by atoms with E-state index in [9.17, 15) is 5.11 Å². The lowest BCUT2D eigenvalue weighted by molar-refractivity contribution is 0.282. The Bertz CT molecular complexity index is 525. The number of aliphatic hydroxyl groups is 1. The summed E-state index contributed by atoms with van der Waals surface area (Å²) in [5, 5.41) is 10.5. The minimum atomic E-state index is 0.146. The predicted octanol–water partition coefficient (Wildman–Crippen LogP) is 2.39. The number of hydrogen-bond donors (Lipinski definition) is 1. The molecule has 1 aliphatic rings. The van der Waals surface area contributed by atoms with Crippen molar-refractivity contribution in [3.63, 3.8) is 0 Å². The Morgan fingerprint density at radius 3 is 3.00 bits per heavy atom. The van der Waals surface area contributed by atoms with Crippen LogP contribution < -0.4 is 0 Å². The van der Waals surface area contributed by atoms with E-state index in [-0.39, 0.29) is 6.61 Å². The second kappa shape index (κ2) is 3.11. The van der Waals surface area contributed by atoms with E-state index in [1.165, 1.54) is 28.6 Å². The maximum atomic E-state index is 9.20. The van der Waals surface area contributed by atoms with Crippen LogP contribution in [0.3, 0.4) is 0 Å². The highest BCUT2D eigenvalue weighted by atomic mass is 16.3. The van der Waals surface area contributed by atoms with Crippen LogP contribution in [0.15, 0.2) is 18.2 Å². The molecule has 0 fully saturated rings. The van der Waals surface area contributed by atoms with Gasteiger partial charge in [-0.25, -0.2) is 0 Å². The SMILES string of the molecule is Cc1cc2cc(CO)cc3c2n1CCC3. The van der Waals surface area contributed by atoms with Gasteiger partial charge in [-0.05, 0) is 43.0 Å². The molecule has 0 unspecified atom stereocenters. The van der Waals surface area contributed by atoms with Gasteiger partial charge in [-0.1, -0.05) is 6.07 Å². The molecule has 0 saturated heterocycles. The fourth-order valence-corrected chi connectivity index (χ4v) is 2.70. The Morgan fingerprint density at radius 2 is 2.20 bits per heavy atom. The highest BCUT2D eigenvalue weighted by molar-refractivity contribution is 5.85. The van der Waals surface area contributed by atoms with Crippen LogP contribution in [-0.4, -0.2) is 9.67 Å². The average Bonchev–Trinajstić information content (AvgIpc) is 2.58. The largest absolute Gasteiger partial charge is 0.392 e. The second-order valence-electron chi connectivity index (χ2n) is 4.39. The topological polar surface area (TPSA) is 25.2 Å². The molecule has 1 aromatic heterocycles. The van der Waals surface area contributed by atoms with E-state index in [0.717, 1.165) is 18.5 Å². The van der Waals surface area contributed by atoms with Crippen molar-refractivity contribution in [1.29, 1.82) is 0 Å². The van der Waals surface area contributed by atoms with Crippen LogP contribution in [-0.2, 0) is 19.6 Å². The van der Waals surface area contributed by atoms with E-state index in [1.54, 1.807) is 0 Å². The van der Waals surface area contributed by atoms with Gasteiger partial charge in [0.2, 0.25) is 0 Å². The van der Waals surface area contributed by atoms with E-state index in [2.05, 4.69) is 29.7 Å².